The fraction of sp³-hybridized carbons (Fsp3) is 0.273. The number of nitrogens with one attached hydrogen (secondary N) is 1. The van der Waals surface area contributed by atoms with Crippen molar-refractivity contribution in [3.8, 4) is 0 Å². The van der Waals surface area contributed by atoms with Crippen LogP contribution in [0.25, 0.3) is 10.2 Å². The van der Waals surface area contributed by atoms with E-state index >= 15 is 0 Å². The van der Waals surface area contributed by atoms with Crippen molar-refractivity contribution in [1.82, 2.24) is 15.0 Å². The zero-order valence-electron chi connectivity index (χ0n) is 18.0. The van der Waals surface area contributed by atoms with Crippen molar-refractivity contribution in [2.24, 2.45) is 0 Å². The minimum atomic E-state index is -0.510. The van der Waals surface area contributed by atoms with Gasteiger partial charge in [-0.05, 0) is 45.2 Å². The first kappa shape index (κ1) is 22.1. The van der Waals surface area contributed by atoms with Crippen molar-refractivity contribution in [2.75, 3.05) is 19.5 Å². The number of ether oxygens (including phenoxy) is 1. The molecule has 0 spiro atoms. The Balaban J connectivity index is 1.63. The van der Waals surface area contributed by atoms with Crippen LogP contribution in [0.5, 0.6) is 0 Å². The van der Waals surface area contributed by atoms with Crippen LogP contribution in [0.2, 0.25) is 0 Å². The van der Waals surface area contributed by atoms with E-state index in [1.165, 1.54) is 29.8 Å². The van der Waals surface area contributed by atoms with Crippen LogP contribution in [0.4, 0.5) is 5.69 Å². The summed E-state index contributed by atoms with van der Waals surface area (Å²) in [5, 5.41) is 7.59. The van der Waals surface area contributed by atoms with Gasteiger partial charge in [-0.3, -0.25) is 9.69 Å². The molecule has 1 amide bonds. The van der Waals surface area contributed by atoms with Crippen LogP contribution < -0.4 is 5.32 Å². The number of carbonyl (C=O) groups excluding carboxylic acids is 2. The highest BCUT2D eigenvalue weighted by Crippen LogP contribution is 2.36. The first-order chi connectivity index (χ1) is 15.4. The Morgan fingerprint density at radius 2 is 2.03 bits per heavy atom. The summed E-state index contributed by atoms with van der Waals surface area (Å²) in [6, 6.07) is 9.31. The van der Waals surface area contributed by atoms with Gasteiger partial charge in [-0.2, -0.15) is 0 Å². The zero-order valence-corrected chi connectivity index (χ0v) is 19.7. The second-order valence-corrected chi connectivity index (χ2v) is 9.62. The maximum absolute atomic E-state index is 12.7. The van der Waals surface area contributed by atoms with Gasteiger partial charge in [-0.15, -0.1) is 22.7 Å². The SMILES string of the molecule is COC(=O)c1sc2nc(CN(C)[C@H](C)c3ccon3)ccc2c1NC(=O)c1ccc(C)s1. The van der Waals surface area contributed by atoms with Gasteiger partial charge in [-0.25, -0.2) is 9.78 Å². The Morgan fingerprint density at radius 1 is 1.22 bits per heavy atom. The molecule has 0 aliphatic carbocycles. The molecule has 4 heterocycles. The topological polar surface area (TPSA) is 97.6 Å². The molecule has 4 aromatic heterocycles. The molecule has 0 saturated carbocycles. The average Bonchev–Trinajstić information content (AvgIpc) is 3.53. The van der Waals surface area contributed by atoms with E-state index in [4.69, 9.17) is 14.2 Å². The van der Waals surface area contributed by atoms with Crippen LogP contribution in [0.15, 0.2) is 41.1 Å². The third-order valence-corrected chi connectivity index (χ3v) is 7.22. The maximum atomic E-state index is 12.7. The van der Waals surface area contributed by atoms with Crippen molar-refractivity contribution in [3.05, 3.63) is 62.6 Å². The van der Waals surface area contributed by atoms with E-state index in [0.29, 0.717) is 32.2 Å². The van der Waals surface area contributed by atoms with E-state index in [0.717, 1.165) is 16.3 Å². The Hall–Kier alpha value is -3.08. The van der Waals surface area contributed by atoms with E-state index in [9.17, 15) is 9.59 Å². The molecule has 1 atom stereocenters. The summed E-state index contributed by atoms with van der Waals surface area (Å²) in [7, 11) is 3.30. The monoisotopic (exact) mass is 470 g/mol. The molecule has 166 valence electrons. The van der Waals surface area contributed by atoms with Gasteiger partial charge in [0, 0.05) is 22.9 Å². The van der Waals surface area contributed by atoms with Gasteiger partial charge < -0.3 is 14.6 Å². The Morgan fingerprint density at radius 3 is 2.69 bits per heavy atom. The highest BCUT2D eigenvalue weighted by molar-refractivity contribution is 7.21. The molecule has 0 aliphatic heterocycles. The van der Waals surface area contributed by atoms with Crippen molar-refractivity contribution in [2.45, 2.75) is 26.4 Å². The van der Waals surface area contributed by atoms with E-state index in [1.54, 1.807) is 12.3 Å². The number of rotatable bonds is 7. The smallest absolute Gasteiger partial charge is 0.350 e. The first-order valence-electron chi connectivity index (χ1n) is 9.86. The number of hydrogen-bond donors (Lipinski definition) is 1. The fourth-order valence-corrected chi connectivity index (χ4v) is 5.08. The van der Waals surface area contributed by atoms with E-state index < -0.39 is 5.97 Å². The van der Waals surface area contributed by atoms with Crippen LogP contribution in [0, 0.1) is 6.92 Å². The number of hydrogen-bond acceptors (Lipinski definition) is 9. The molecular formula is C22H22N4O4S2. The predicted molar refractivity (Wildman–Crippen MR) is 124 cm³/mol. The van der Waals surface area contributed by atoms with Gasteiger partial charge in [0.05, 0.1) is 29.4 Å². The molecule has 0 radical (unpaired) electrons. The number of carbonyl (C=O) groups is 2. The standard InChI is InChI=1S/C22H22N4O4S2/c1-12-5-8-17(31-12)20(27)24-18-15-7-6-14(23-21(15)32-19(18)22(28)29-4)11-26(3)13(2)16-9-10-30-25-16/h5-10,13H,11H2,1-4H3,(H,24,27)/t13-/m1/s1. The number of amides is 1. The lowest BCUT2D eigenvalue weighted by Gasteiger charge is -2.22. The van der Waals surface area contributed by atoms with Crippen molar-refractivity contribution < 1.29 is 18.8 Å². The van der Waals surface area contributed by atoms with Crippen LogP contribution in [-0.2, 0) is 11.3 Å². The molecule has 1 N–H and O–H groups in total. The van der Waals surface area contributed by atoms with Crippen molar-refractivity contribution >= 4 is 50.5 Å². The number of aryl methyl sites for hydroxylation is 1. The number of esters is 1. The quantitative estimate of drug-likeness (QED) is 0.384. The number of anilines is 1. The summed E-state index contributed by atoms with van der Waals surface area (Å²) in [6.07, 6.45) is 1.55. The minimum absolute atomic E-state index is 0.0457. The van der Waals surface area contributed by atoms with Gasteiger partial charge in [0.2, 0.25) is 0 Å². The number of nitrogens with zero attached hydrogens (tertiary/aromatic N) is 3. The number of thiophene rings is 2. The van der Waals surface area contributed by atoms with Crippen LogP contribution >= 0.6 is 22.7 Å². The summed E-state index contributed by atoms with van der Waals surface area (Å²) in [5.74, 6) is -0.776. The largest absolute Gasteiger partial charge is 0.465 e. The lowest BCUT2D eigenvalue weighted by Crippen LogP contribution is -2.22. The second-order valence-electron chi connectivity index (χ2n) is 7.33. The predicted octanol–water partition coefficient (Wildman–Crippen LogP) is 4.89. The fourth-order valence-electron chi connectivity index (χ4n) is 3.25. The van der Waals surface area contributed by atoms with Crippen molar-refractivity contribution in [3.63, 3.8) is 0 Å². The first-order valence-corrected chi connectivity index (χ1v) is 11.5. The van der Waals surface area contributed by atoms with Crippen LogP contribution in [0.3, 0.4) is 0 Å². The molecule has 0 saturated heterocycles. The molecule has 0 bridgehead atoms. The van der Waals surface area contributed by atoms with Gasteiger partial charge >= 0.3 is 5.97 Å². The third kappa shape index (κ3) is 4.43. The summed E-state index contributed by atoms with van der Waals surface area (Å²) in [5.41, 5.74) is 2.10. The Kier molecular flexibility index (Phi) is 6.35. The molecule has 0 fully saturated rings. The number of methoxy groups -OCH3 is 1. The van der Waals surface area contributed by atoms with Gasteiger partial charge in [0.1, 0.15) is 21.7 Å². The average molecular weight is 471 g/mol. The Labute approximate surface area is 192 Å². The van der Waals surface area contributed by atoms with Crippen LogP contribution in [-0.4, -0.2) is 41.1 Å². The highest BCUT2D eigenvalue weighted by Gasteiger charge is 2.23. The molecule has 0 unspecified atom stereocenters. The summed E-state index contributed by atoms with van der Waals surface area (Å²) in [4.78, 5) is 34.6. The Bertz CT molecular complexity index is 1260. The summed E-state index contributed by atoms with van der Waals surface area (Å²) < 4.78 is 9.88. The zero-order chi connectivity index (χ0) is 22.8. The molecule has 0 aromatic carbocycles. The molecule has 10 heteroatoms. The maximum Gasteiger partial charge on any atom is 0.350 e. The molecule has 4 rings (SSSR count). The lowest BCUT2D eigenvalue weighted by molar-refractivity contribution is 0.0607. The molecule has 32 heavy (non-hydrogen) atoms. The van der Waals surface area contributed by atoms with Gasteiger partial charge in [0.25, 0.3) is 5.91 Å². The molecular weight excluding hydrogens is 448 g/mol. The molecule has 8 nitrogen and oxygen atoms in total. The minimum Gasteiger partial charge on any atom is -0.465 e. The van der Waals surface area contributed by atoms with Crippen molar-refractivity contribution in [1.29, 1.82) is 0 Å². The second kappa shape index (κ2) is 9.19. The normalized spacial score (nSPS) is 12.3. The van der Waals surface area contributed by atoms with E-state index in [1.807, 2.05) is 45.2 Å². The van der Waals surface area contributed by atoms with Crippen LogP contribution in [0.1, 0.15) is 48.6 Å². The third-order valence-electron chi connectivity index (χ3n) is 5.14. The summed E-state index contributed by atoms with van der Waals surface area (Å²) in [6.45, 7) is 4.55. The van der Waals surface area contributed by atoms with E-state index in [2.05, 4.69) is 15.4 Å². The van der Waals surface area contributed by atoms with Gasteiger partial charge in [0.15, 0.2) is 0 Å². The molecule has 4 aromatic rings. The summed E-state index contributed by atoms with van der Waals surface area (Å²) >= 11 is 2.60. The van der Waals surface area contributed by atoms with E-state index in [-0.39, 0.29) is 11.9 Å². The van der Waals surface area contributed by atoms with Gasteiger partial charge in [-0.1, -0.05) is 5.16 Å². The highest BCUT2D eigenvalue weighted by atomic mass is 32.1. The lowest BCUT2D eigenvalue weighted by atomic mass is 10.2. The molecule has 0 aliphatic rings. The number of fused-ring (bicyclic) bond motifs is 1. The number of pyridine rings is 1. The number of aromatic nitrogens is 2.